The van der Waals surface area contributed by atoms with Crippen LogP contribution < -0.4 is 16.8 Å². The Bertz CT molecular complexity index is 1190. The summed E-state index contributed by atoms with van der Waals surface area (Å²) in [5, 5.41) is 28.0. The number of aliphatic imine (C=N–C) groups is 1. The van der Waals surface area contributed by atoms with E-state index in [1.165, 1.54) is 13.0 Å². The number of nitrogens with one attached hydrogen (secondary N) is 3. The van der Waals surface area contributed by atoms with Crippen molar-refractivity contribution in [1.29, 1.82) is 5.41 Å². The van der Waals surface area contributed by atoms with E-state index in [0.29, 0.717) is 24.3 Å². The number of imidazole rings is 1. The second-order valence-electron chi connectivity index (χ2n) is 6.65. The van der Waals surface area contributed by atoms with Gasteiger partial charge in [-0.15, -0.1) is 0 Å². The third kappa shape index (κ3) is 4.61. The van der Waals surface area contributed by atoms with Crippen LogP contribution in [0.1, 0.15) is 28.8 Å². The molecule has 0 aliphatic carbocycles. The number of allylic oxidation sites excluding steroid dienone is 2. The van der Waals surface area contributed by atoms with Crippen molar-refractivity contribution in [2.45, 2.75) is 13.5 Å². The zero-order valence-corrected chi connectivity index (χ0v) is 17.5. The number of nitrogens with two attached hydrogens (primary N) is 2. The molecule has 0 bridgehead atoms. The van der Waals surface area contributed by atoms with E-state index in [9.17, 15) is 9.90 Å². The number of rotatable bonds is 9. The Morgan fingerprint density at radius 1 is 1.41 bits per heavy atom. The van der Waals surface area contributed by atoms with Crippen molar-refractivity contribution in [2.75, 3.05) is 18.9 Å². The first-order chi connectivity index (χ1) is 15.3. The highest BCUT2D eigenvalue weighted by Crippen LogP contribution is 2.25. The topological polar surface area (TPSA) is 210 Å². The van der Waals surface area contributed by atoms with Gasteiger partial charge in [0, 0.05) is 49.1 Å². The SMILES string of the molecule is CNc1cc(C(N)=O)nc(-c2n[nH]c(C(=NCCn3ccnc3)/C(O)=C(/C)N)n2)c1C=N. The fourth-order valence-electron chi connectivity index (χ4n) is 2.82. The number of anilines is 1. The Kier molecular flexibility index (Phi) is 6.58. The lowest BCUT2D eigenvalue weighted by Gasteiger charge is -2.10. The number of primary amides is 1. The van der Waals surface area contributed by atoms with Crippen molar-refractivity contribution in [3.05, 3.63) is 53.3 Å². The third-order valence-corrected chi connectivity index (χ3v) is 4.43. The second kappa shape index (κ2) is 9.51. The average Bonchev–Trinajstić information content (AvgIpc) is 3.47. The highest BCUT2D eigenvalue weighted by atomic mass is 16.3. The number of hydrogen-bond donors (Lipinski definition) is 6. The van der Waals surface area contributed by atoms with Gasteiger partial charge in [-0.1, -0.05) is 0 Å². The van der Waals surface area contributed by atoms with E-state index in [4.69, 9.17) is 16.9 Å². The van der Waals surface area contributed by atoms with Gasteiger partial charge in [0.25, 0.3) is 5.91 Å². The van der Waals surface area contributed by atoms with E-state index >= 15 is 0 Å². The summed E-state index contributed by atoms with van der Waals surface area (Å²) in [7, 11) is 1.64. The van der Waals surface area contributed by atoms with E-state index in [0.717, 1.165) is 6.21 Å². The van der Waals surface area contributed by atoms with Crippen molar-refractivity contribution >= 4 is 23.5 Å². The van der Waals surface area contributed by atoms with Crippen LogP contribution in [0.5, 0.6) is 0 Å². The molecule has 0 atom stereocenters. The second-order valence-corrected chi connectivity index (χ2v) is 6.65. The minimum atomic E-state index is -0.740. The van der Waals surface area contributed by atoms with Crippen molar-refractivity contribution in [1.82, 2.24) is 29.7 Å². The lowest BCUT2D eigenvalue weighted by Crippen LogP contribution is -2.15. The Labute approximate surface area is 182 Å². The van der Waals surface area contributed by atoms with Gasteiger partial charge < -0.3 is 31.9 Å². The van der Waals surface area contributed by atoms with Crippen molar-refractivity contribution in [3.8, 4) is 11.5 Å². The van der Waals surface area contributed by atoms with Crippen LogP contribution in [0.15, 0.2) is 41.2 Å². The predicted molar refractivity (Wildman–Crippen MR) is 119 cm³/mol. The number of nitrogens with zero attached hydrogens (tertiary/aromatic N) is 6. The number of hydrogen-bond acceptors (Lipinski definition) is 10. The number of carbonyl (C=O) groups excluding carboxylic acids is 1. The minimum absolute atomic E-state index is 0.0175. The van der Waals surface area contributed by atoms with Crippen LogP contribution in [0.3, 0.4) is 0 Å². The molecule has 1 amide bonds. The molecule has 3 aromatic rings. The fraction of sp³-hybridized carbons (Fsp3) is 0.211. The van der Waals surface area contributed by atoms with Crippen LogP contribution in [0, 0.1) is 5.41 Å². The average molecular weight is 437 g/mol. The summed E-state index contributed by atoms with van der Waals surface area (Å²) < 4.78 is 1.83. The van der Waals surface area contributed by atoms with E-state index in [-0.39, 0.29) is 40.2 Å². The lowest BCUT2D eigenvalue weighted by atomic mass is 10.1. The molecule has 0 saturated carbocycles. The van der Waals surface area contributed by atoms with Gasteiger partial charge in [-0.3, -0.25) is 14.9 Å². The molecule has 0 aromatic carbocycles. The molecule has 0 saturated heterocycles. The number of pyridine rings is 1. The van der Waals surface area contributed by atoms with E-state index in [2.05, 4.69) is 35.5 Å². The summed E-state index contributed by atoms with van der Waals surface area (Å²) >= 11 is 0. The monoisotopic (exact) mass is 437 g/mol. The largest absolute Gasteiger partial charge is 0.504 e. The smallest absolute Gasteiger partial charge is 0.267 e. The molecule has 0 aliphatic rings. The summed E-state index contributed by atoms with van der Waals surface area (Å²) in [6.45, 7) is 2.36. The molecule has 3 heterocycles. The molecule has 3 aromatic heterocycles. The number of aliphatic hydroxyl groups excluding tert-OH is 1. The van der Waals surface area contributed by atoms with Crippen LogP contribution >= 0.6 is 0 Å². The fourth-order valence-corrected chi connectivity index (χ4v) is 2.82. The molecule has 32 heavy (non-hydrogen) atoms. The Balaban J connectivity index is 2.04. The molecule has 0 unspecified atom stereocenters. The normalized spacial score (nSPS) is 12.4. The molecule has 13 nitrogen and oxygen atoms in total. The molecule has 0 aliphatic heterocycles. The van der Waals surface area contributed by atoms with Crippen molar-refractivity contribution in [3.63, 3.8) is 0 Å². The standard InChI is InChI=1S/C19H23N11O2/c1-10(21)16(31)15(25-4-6-30-5-3-24-9-30)19-27-18(28-29-19)14-11(8-20)12(23-2)7-13(26-14)17(22)32/h3,5,7-9,20,31H,4,6,21H2,1-2H3,(H2,22,32)(H,23,26)(H,27,28,29)/b16-10+,20-8?,25-15?. The highest BCUT2D eigenvalue weighted by molar-refractivity contribution is 6.09. The number of aromatic amines is 1. The Morgan fingerprint density at radius 2 is 2.19 bits per heavy atom. The first kappa shape index (κ1) is 22.1. The summed E-state index contributed by atoms with van der Waals surface area (Å²) in [6.07, 6.45) is 6.17. The summed E-state index contributed by atoms with van der Waals surface area (Å²) in [4.78, 5) is 28.7. The lowest BCUT2D eigenvalue weighted by molar-refractivity contribution is 0.0995. The Hall–Kier alpha value is -4.55. The molecule has 8 N–H and O–H groups in total. The van der Waals surface area contributed by atoms with E-state index in [1.807, 2.05) is 4.57 Å². The van der Waals surface area contributed by atoms with Crippen LogP contribution in [0.25, 0.3) is 11.5 Å². The number of aromatic nitrogens is 6. The number of aliphatic hydroxyl groups is 1. The van der Waals surface area contributed by atoms with Crippen LogP contribution in [0.4, 0.5) is 5.69 Å². The van der Waals surface area contributed by atoms with Gasteiger partial charge in [0.1, 0.15) is 17.1 Å². The number of H-pyrrole nitrogens is 1. The maximum absolute atomic E-state index is 11.7. The summed E-state index contributed by atoms with van der Waals surface area (Å²) in [6, 6.07) is 1.44. The zero-order valence-electron chi connectivity index (χ0n) is 17.5. The van der Waals surface area contributed by atoms with Crippen molar-refractivity contribution < 1.29 is 9.90 Å². The van der Waals surface area contributed by atoms with Crippen LogP contribution in [-0.4, -0.2) is 66.2 Å². The third-order valence-electron chi connectivity index (χ3n) is 4.43. The number of amides is 1. The first-order valence-electron chi connectivity index (χ1n) is 9.47. The van der Waals surface area contributed by atoms with Gasteiger partial charge in [0.15, 0.2) is 11.6 Å². The molecular weight excluding hydrogens is 414 g/mol. The number of carbonyl (C=O) groups is 1. The van der Waals surface area contributed by atoms with Gasteiger partial charge in [-0.25, -0.2) is 15.0 Å². The maximum atomic E-state index is 11.7. The van der Waals surface area contributed by atoms with Gasteiger partial charge in [-0.05, 0) is 13.0 Å². The van der Waals surface area contributed by atoms with Gasteiger partial charge >= 0.3 is 0 Å². The summed E-state index contributed by atoms with van der Waals surface area (Å²) in [5.41, 5.74) is 12.4. The molecule has 166 valence electrons. The predicted octanol–water partition coefficient (Wildman–Crippen LogP) is 0.439. The minimum Gasteiger partial charge on any atom is -0.504 e. The first-order valence-corrected chi connectivity index (χ1v) is 9.47. The van der Waals surface area contributed by atoms with E-state index < -0.39 is 5.91 Å². The van der Waals surface area contributed by atoms with Crippen LogP contribution in [0.2, 0.25) is 0 Å². The van der Waals surface area contributed by atoms with Gasteiger partial charge in [-0.2, -0.15) is 5.10 Å². The van der Waals surface area contributed by atoms with E-state index in [1.54, 1.807) is 25.8 Å². The molecule has 0 radical (unpaired) electrons. The highest BCUT2D eigenvalue weighted by Gasteiger charge is 2.21. The quantitative estimate of drug-likeness (QED) is 0.204. The van der Waals surface area contributed by atoms with Gasteiger partial charge in [0.2, 0.25) is 5.82 Å². The molecule has 13 heteroatoms. The van der Waals surface area contributed by atoms with Crippen LogP contribution in [-0.2, 0) is 6.54 Å². The molecular formula is C19H23N11O2. The van der Waals surface area contributed by atoms with Crippen molar-refractivity contribution in [2.24, 2.45) is 16.5 Å². The molecule has 3 rings (SSSR count). The molecule has 0 spiro atoms. The summed E-state index contributed by atoms with van der Waals surface area (Å²) in [5.74, 6) is -0.763. The maximum Gasteiger partial charge on any atom is 0.267 e. The molecule has 0 fully saturated rings. The zero-order chi connectivity index (χ0) is 23.3. The van der Waals surface area contributed by atoms with Gasteiger partial charge in [0.05, 0.1) is 12.9 Å². The Morgan fingerprint density at radius 3 is 2.78 bits per heavy atom.